The van der Waals surface area contributed by atoms with Gasteiger partial charge >= 0.3 is 12.1 Å². The molecule has 10 heteroatoms. The molecule has 1 aromatic carbocycles. The van der Waals surface area contributed by atoms with Gasteiger partial charge in [-0.1, -0.05) is 0 Å². The van der Waals surface area contributed by atoms with Crippen molar-refractivity contribution < 1.29 is 36.9 Å². The van der Waals surface area contributed by atoms with Gasteiger partial charge in [0.1, 0.15) is 22.8 Å². The van der Waals surface area contributed by atoms with Crippen molar-refractivity contribution in [2.24, 2.45) is 0 Å². The van der Waals surface area contributed by atoms with Gasteiger partial charge in [0.25, 0.3) is 0 Å². The molecular formula is C17H18F4N2O4. The monoisotopic (exact) mass is 390 g/mol. The molecule has 6 nitrogen and oxygen atoms in total. The van der Waals surface area contributed by atoms with Gasteiger partial charge < -0.3 is 14.6 Å². The molecule has 0 aliphatic rings. The van der Waals surface area contributed by atoms with Crippen molar-refractivity contribution >= 4 is 5.97 Å². The molecule has 1 heterocycles. The van der Waals surface area contributed by atoms with E-state index in [1.54, 1.807) is 6.92 Å². The second kappa shape index (κ2) is 7.55. The molecule has 1 aromatic heterocycles. The number of benzene rings is 1. The van der Waals surface area contributed by atoms with E-state index in [4.69, 9.17) is 4.74 Å². The summed E-state index contributed by atoms with van der Waals surface area (Å²) in [6, 6.07) is 1.65. The Labute approximate surface area is 152 Å². The molecule has 0 saturated heterocycles. The summed E-state index contributed by atoms with van der Waals surface area (Å²) in [4.78, 5) is 11.8. The van der Waals surface area contributed by atoms with Crippen molar-refractivity contribution in [3.8, 4) is 11.4 Å². The normalized spacial score (nSPS) is 14.0. The number of ether oxygens (including phenoxy) is 2. The summed E-state index contributed by atoms with van der Waals surface area (Å²) in [6.45, 7) is 3.86. The smallest absolute Gasteiger partial charge is 0.425 e. The van der Waals surface area contributed by atoms with Crippen LogP contribution in [0.4, 0.5) is 17.6 Å². The fraction of sp³-hybridized carbons (Fsp3) is 0.412. The minimum absolute atomic E-state index is 0.248. The van der Waals surface area contributed by atoms with Crippen molar-refractivity contribution in [2.45, 2.75) is 39.2 Å². The lowest BCUT2D eigenvalue weighted by Gasteiger charge is -2.20. The third-order valence-electron chi connectivity index (χ3n) is 3.80. The van der Waals surface area contributed by atoms with E-state index in [2.05, 4.69) is 9.84 Å². The molecule has 0 bridgehead atoms. The van der Waals surface area contributed by atoms with Gasteiger partial charge in [0, 0.05) is 12.3 Å². The molecule has 2 rings (SSSR count). The number of aliphatic hydroxyl groups excluding tert-OH is 1. The van der Waals surface area contributed by atoms with E-state index in [1.165, 1.54) is 13.1 Å². The highest BCUT2D eigenvalue weighted by atomic mass is 19.4. The Kier molecular flexibility index (Phi) is 5.79. The molecule has 27 heavy (non-hydrogen) atoms. The summed E-state index contributed by atoms with van der Waals surface area (Å²) in [5.74, 6) is -2.48. The Morgan fingerprint density at radius 2 is 1.93 bits per heavy atom. The quantitative estimate of drug-likeness (QED) is 0.625. The van der Waals surface area contributed by atoms with Gasteiger partial charge in [-0.05, 0) is 32.4 Å². The van der Waals surface area contributed by atoms with Crippen LogP contribution in [0.3, 0.4) is 0 Å². The molecule has 0 saturated carbocycles. The minimum Gasteiger partial charge on any atom is -0.480 e. The van der Waals surface area contributed by atoms with E-state index in [0.717, 1.165) is 30.8 Å². The predicted molar refractivity (Wildman–Crippen MR) is 86.4 cm³/mol. The van der Waals surface area contributed by atoms with Gasteiger partial charge in [-0.2, -0.15) is 18.3 Å². The molecule has 0 aliphatic heterocycles. The number of esters is 1. The van der Waals surface area contributed by atoms with Gasteiger partial charge in [0.05, 0.1) is 18.9 Å². The Hall–Kier alpha value is -2.62. The third-order valence-corrected chi connectivity index (χ3v) is 3.80. The summed E-state index contributed by atoms with van der Waals surface area (Å²) < 4.78 is 63.4. The number of carbonyl (C=O) groups excluding carboxylic acids is 1. The zero-order chi connectivity index (χ0) is 20.5. The number of aryl methyl sites for hydroxylation is 1. The van der Waals surface area contributed by atoms with Crippen molar-refractivity contribution in [1.82, 2.24) is 9.78 Å². The zero-order valence-electron chi connectivity index (χ0n) is 15.0. The fourth-order valence-corrected chi connectivity index (χ4v) is 2.35. The van der Waals surface area contributed by atoms with Crippen LogP contribution in [0.1, 0.15) is 41.6 Å². The molecule has 0 spiro atoms. The van der Waals surface area contributed by atoms with Crippen molar-refractivity contribution in [1.29, 1.82) is 0 Å². The third kappa shape index (κ3) is 4.38. The van der Waals surface area contributed by atoms with Crippen molar-refractivity contribution in [2.75, 3.05) is 7.11 Å². The highest BCUT2D eigenvalue weighted by Gasteiger charge is 2.39. The second-order valence-corrected chi connectivity index (χ2v) is 5.91. The first kappa shape index (κ1) is 20.7. The molecule has 2 aromatic rings. The Bertz CT molecular complexity index is 846. The van der Waals surface area contributed by atoms with Gasteiger partial charge in [-0.25, -0.2) is 13.9 Å². The molecule has 1 N–H and O–H groups in total. The molecule has 0 aliphatic carbocycles. The number of carbonyl (C=O) groups is 1. The average molecular weight is 390 g/mol. The van der Waals surface area contributed by atoms with Crippen molar-refractivity contribution in [3.63, 3.8) is 0 Å². The summed E-state index contributed by atoms with van der Waals surface area (Å²) in [5, 5.41) is 13.7. The van der Waals surface area contributed by atoms with Crippen LogP contribution in [0.25, 0.3) is 5.69 Å². The van der Waals surface area contributed by atoms with Crippen LogP contribution in [-0.2, 0) is 4.74 Å². The van der Waals surface area contributed by atoms with Crippen LogP contribution in [0, 0.1) is 12.7 Å². The molecule has 0 radical (unpaired) electrons. The molecule has 0 amide bonds. The minimum atomic E-state index is -4.69. The Balaban J connectivity index is 2.58. The highest BCUT2D eigenvalue weighted by Crippen LogP contribution is 2.31. The van der Waals surface area contributed by atoms with E-state index in [-0.39, 0.29) is 11.4 Å². The van der Waals surface area contributed by atoms with Gasteiger partial charge in [0.2, 0.25) is 0 Å². The number of nitrogens with zero attached hydrogens (tertiary/aromatic N) is 2. The number of aromatic nitrogens is 2. The van der Waals surface area contributed by atoms with Gasteiger partial charge in [-0.15, -0.1) is 0 Å². The van der Waals surface area contributed by atoms with E-state index >= 15 is 0 Å². The zero-order valence-corrected chi connectivity index (χ0v) is 15.0. The number of alkyl halides is 3. The summed E-state index contributed by atoms with van der Waals surface area (Å²) in [5.41, 5.74) is 0.0849. The lowest BCUT2D eigenvalue weighted by atomic mass is 10.1. The lowest BCUT2D eigenvalue weighted by molar-refractivity contribution is -0.189. The van der Waals surface area contributed by atoms with E-state index < -0.39 is 41.5 Å². The molecule has 2 atom stereocenters. The standard InChI is InChI=1S/C17H18F4N2O4/c1-8-7-23(22-15(8)9(2)24)13-6-14(27-10(3)17(19,20)21)11(5-12(13)18)16(25)26-4/h5-7,9-10,24H,1-4H3/t9-,10+/m1/s1. The highest BCUT2D eigenvalue weighted by molar-refractivity contribution is 5.92. The van der Waals surface area contributed by atoms with E-state index in [0.29, 0.717) is 5.56 Å². The number of rotatable bonds is 5. The maximum absolute atomic E-state index is 14.5. The molecule has 0 fully saturated rings. The maximum Gasteiger partial charge on any atom is 0.425 e. The Morgan fingerprint density at radius 3 is 2.41 bits per heavy atom. The van der Waals surface area contributed by atoms with Crippen molar-refractivity contribution in [3.05, 3.63) is 41.0 Å². The van der Waals surface area contributed by atoms with Crippen LogP contribution in [0.15, 0.2) is 18.3 Å². The number of halogens is 4. The van der Waals surface area contributed by atoms with Crippen LogP contribution in [0.5, 0.6) is 5.75 Å². The average Bonchev–Trinajstić information content (AvgIpc) is 2.96. The summed E-state index contributed by atoms with van der Waals surface area (Å²) in [6.07, 6.45) is -6.46. The van der Waals surface area contributed by atoms with Crippen LogP contribution in [-0.4, -0.2) is 40.2 Å². The second-order valence-electron chi connectivity index (χ2n) is 5.91. The summed E-state index contributed by atoms with van der Waals surface area (Å²) >= 11 is 0. The Morgan fingerprint density at radius 1 is 1.30 bits per heavy atom. The number of aliphatic hydroxyl groups is 1. The lowest BCUT2D eigenvalue weighted by Crippen LogP contribution is -2.31. The summed E-state index contributed by atoms with van der Waals surface area (Å²) in [7, 11) is 1.01. The van der Waals surface area contributed by atoms with E-state index in [9.17, 15) is 27.5 Å². The number of hydrogen-bond donors (Lipinski definition) is 1. The van der Waals surface area contributed by atoms with Crippen LogP contribution < -0.4 is 4.74 Å². The SMILES string of the molecule is COC(=O)c1cc(F)c(-n2cc(C)c([C@@H](C)O)n2)cc1O[C@@H](C)C(F)(F)F. The molecule has 148 valence electrons. The fourth-order valence-electron chi connectivity index (χ4n) is 2.35. The van der Waals surface area contributed by atoms with Crippen LogP contribution in [0.2, 0.25) is 0 Å². The number of hydrogen-bond acceptors (Lipinski definition) is 5. The topological polar surface area (TPSA) is 73.6 Å². The largest absolute Gasteiger partial charge is 0.480 e. The first-order valence-corrected chi connectivity index (χ1v) is 7.85. The first-order valence-electron chi connectivity index (χ1n) is 7.85. The van der Waals surface area contributed by atoms with Gasteiger partial charge in [-0.3, -0.25) is 0 Å². The van der Waals surface area contributed by atoms with Crippen LogP contribution >= 0.6 is 0 Å². The molecule has 0 unspecified atom stereocenters. The molecular weight excluding hydrogens is 372 g/mol. The maximum atomic E-state index is 14.5. The number of methoxy groups -OCH3 is 1. The van der Waals surface area contributed by atoms with E-state index in [1.807, 2.05) is 0 Å². The van der Waals surface area contributed by atoms with Gasteiger partial charge in [0.15, 0.2) is 6.10 Å². The predicted octanol–water partition coefficient (Wildman–Crippen LogP) is 3.49. The first-order chi connectivity index (χ1) is 12.5.